The van der Waals surface area contributed by atoms with Gasteiger partial charge in [0.15, 0.2) is 16.6 Å². The molecule has 158 valence electrons. The van der Waals surface area contributed by atoms with E-state index in [9.17, 15) is 4.79 Å². The fourth-order valence-electron chi connectivity index (χ4n) is 3.69. The number of ether oxygens (including phenoxy) is 2. The van der Waals surface area contributed by atoms with Crippen LogP contribution in [0, 0.1) is 13.8 Å². The highest BCUT2D eigenvalue weighted by molar-refractivity contribution is 7.22. The first kappa shape index (κ1) is 19.6. The van der Waals surface area contributed by atoms with Crippen LogP contribution in [0.1, 0.15) is 21.7 Å². The van der Waals surface area contributed by atoms with E-state index in [1.54, 1.807) is 23.1 Å². The van der Waals surface area contributed by atoms with Crippen LogP contribution in [-0.2, 0) is 6.54 Å². The number of thiazole rings is 1. The van der Waals surface area contributed by atoms with Crippen LogP contribution in [0.2, 0.25) is 0 Å². The summed E-state index contributed by atoms with van der Waals surface area (Å²) in [5.74, 6) is 1.13. The minimum atomic E-state index is -0.127. The SMILES string of the molecule is Cc1cc(C)n(CCN(C(=O)c2ccc3c(c2)OCCO3)c2nc3ccccc3s2)n1. The van der Waals surface area contributed by atoms with E-state index >= 15 is 0 Å². The zero-order chi connectivity index (χ0) is 21.4. The minimum absolute atomic E-state index is 0.127. The van der Waals surface area contributed by atoms with Crippen molar-refractivity contribution in [2.75, 3.05) is 24.7 Å². The third-order valence-electron chi connectivity index (χ3n) is 5.19. The topological polar surface area (TPSA) is 69.5 Å². The number of aromatic nitrogens is 3. The van der Waals surface area contributed by atoms with Gasteiger partial charge in [-0.3, -0.25) is 14.4 Å². The second kappa shape index (κ2) is 8.03. The Morgan fingerprint density at radius 1 is 1.10 bits per heavy atom. The quantitative estimate of drug-likeness (QED) is 0.470. The van der Waals surface area contributed by atoms with E-state index in [0.717, 1.165) is 21.6 Å². The predicted octanol–water partition coefficient (Wildman–Crippen LogP) is 4.23. The lowest BCUT2D eigenvalue weighted by Crippen LogP contribution is -2.34. The molecule has 1 aliphatic rings. The number of amides is 1. The van der Waals surface area contributed by atoms with Gasteiger partial charge < -0.3 is 9.47 Å². The summed E-state index contributed by atoms with van der Waals surface area (Å²) in [6.07, 6.45) is 0. The summed E-state index contributed by atoms with van der Waals surface area (Å²) < 4.78 is 14.2. The Morgan fingerprint density at radius 3 is 2.68 bits per heavy atom. The summed E-state index contributed by atoms with van der Waals surface area (Å²) in [6, 6.07) is 15.3. The molecule has 0 unspecified atom stereocenters. The number of para-hydroxylation sites is 1. The Hall–Kier alpha value is -3.39. The number of fused-ring (bicyclic) bond motifs is 2. The molecular weight excluding hydrogens is 412 g/mol. The van der Waals surface area contributed by atoms with Gasteiger partial charge in [0.1, 0.15) is 13.2 Å². The minimum Gasteiger partial charge on any atom is -0.486 e. The molecule has 5 rings (SSSR count). The zero-order valence-corrected chi connectivity index (χ0v) is 18.2. The second-order valence-electron chi connectivity index (χ2n) is 7.43. The van der Waals surface area contributed by atoms with Gasteiger partial charge in [0.25, 0.3) is 5.91 Å². The van der Waals surface area contributed by atoms with Crippen LogP contribution >= 0.6 is 11.3 Å². The monoisotopic (exact) mass is 434 g/mol. The Bertz CT molecular complexity index is 1230. The predicted molar refractivity (Wildman–Crippen MR) is 120 cm³/mol. The molecule has 2 aromatic carbocycles. The lowest BCUT2D eigenvalue weighted by Gasteiger charge is -2.22. The van der Waals surface area contributed by atoms with Gasteiger partial charge in [0.2, 0.25) is 0 Å². The van der Waals surface area contributed by atoms with Crippen LogP contribution < -0.4 is 14.4 Å². The number of benzene rings is 2. The van der Waals surface area contributed by atoms with Gasteiger partial charge in [-0.05, 0) is 50.2 Å². The standard InChI is InChI=1S/C23H22N4O3S/c1-15-13-16(2)27(25-15)10-9-26(23-24-18-5-3-4-6-21(18)31-23)22(28)17-7-8-19-20(14-17)30-12-11-29-19/h3-8,13-14H,9-12H2,1-2H3. The van der Waals surface area contributed by atoms with Gasteiger partial charge in [0.05, 0.1) is 22.5 Å². The smallest absolute Gasteiger partial charge is 0.260 e. The Morgan fingerprint density at radius 2 is 1.90 bits per heavy atom. The second-order valence-corrected chi connectivity index (χ2v) is 8.44. The van der Waals surface area contributed by atoms with E-state index in [2.05, 4.69) is 5.10 Å². The molecule has 0 radical (unpaired) electrons. The molecule has 0 fully saturated rings. The van der Waals surface area contributed by atoms with Gasteiger partial charge in [-0.15, -0.1) is 0 Å². The van der Waals surface area contributed by atoms with Crippen LogP contribution in [0.4, 0.5) is 5.13 Å². The zero-order valence-electron chi connectivity index (χ0n) is 17.4. The summed E-state index contributed by atoms with van der Waals surface area (Å²) in [5, 5.41) is 5.20. The fraction of sp³-hybridized carbons (Fsp3) is 0.261. The average molecular weight is 435 g/mol. The molecule has 4 aromatic rings. The molecule has 0 bridgehead atoms. The summed E-state index contributed by atoms with van der Waals surface area (Å²) in [5.41, 5.74) is 3.45. The van der Waals surface area contributed by atoms with E-state index in [-0.39, 0.29) is 5.91 Å². The van der Waals surface area contributed by atoms with E-state index < -0.39 is 0 Å². The first-order valence-electron chi connectivity index (χ1n) is 10.2. The third-order valence-corrected chi connectivity index (χ3v) is 6.25. The molecule has 2 aromatic heterocycles. The summed E-state index contributed by atoms with van der Waals surface area (Å²) in [4.78, 5) is 20.0. The highest BCUT2D eigenvalue weighted by atomic mass is 32.1. The molecular formula is C23H22N4O3S. The number of nitrogens with zero attached hydrogens (tertiary/aromatic N) is 4. The lowest BCUT2D eigenvalue weighted by atomic mass is 10.1. The third kappa shape index (κ3) is 3.86. The summed E-state index contributed by atoms with van der Waals surface area (Å²) in [7, 11) is 0. The van der Waals surface area contributed by atoms with Gasteiger partial charge >= 0.3 is 0 Å². The maximum absolute atomic E-state index is 13.6. The van der Waals surface area contributed by atoms with Gasteiger partial charge in [-0.2, -0.15) is 5.10 Å². The van der Waals surface area contributed by atoms with Crippen molar-refractivity contribution in [1.29, 1.82) is 0 Å². The molecule has 0 atom stereocenters. The Kier molecular flexibility index (Phi) is 5.07. The Balaban J connectivity index is 1.49. The first-order valence-corrected chi connectivity index (χ1v) is 11.0. The summed E-state index contributed by atoms with van der Waals surface area (Å²) in [6.45, 7) is 6.01. The normalized spacial score (nSPS) is 12.8. The maximum atomic E-state index is 13.6. The molecule has 3 heterocycles. The van der Waals surface area contributed by atoms with Crippen molar-refractivity contribution >= 4 is 32.6 Å². The number of aryl methyl sites for hydroxylation is 2. The summed E-state index contributed by atoms with van der Waals surface area (Å²) >= 11 is 1.51. The molecule has 1 amide bonds. The van der Waals surface area contributed by atoms with Crippen molar-refractivity contribution in [2.24, 2.45) is 0 Å². The highest BCUT2D eigenvalue weighted by Crippen LogP contribution is 2.33. The van der Waals surface area contributed by atoms with Crippen molar-refractivity contribution in [3.05, 3.63) is 65.5 Å². The van der Waals surface area contributed by atoms with Crippen molar-refractivity contribution in [3.8, 4) is 11.5 Å². The van der Waals surface area contributed by atoms with Crippen LogP contribution in [0.5, 0.6) is 11.5 Å². The van der Waals surface area contributed by atoms with E-state index in [4.69, 9.17) is 14.5 Å². The fourth-order valence-corrected chi connectivity index (χ4v) is 4.68. The lowest BCUT2D eigenvalue weighted by molar-refractivity contribution is 0.0984. The molecule has 0 N–H and O–H groups in total. The number of hydrogen-bond acceptors (Lipinski definition) is 6. The van der Waals surface area contributed by atoms with Gasteiger partial charge in [0, 0.05) is 17.8 Å². The van der Waals surface area contributed by atoms with Gasteiger partial charge in [-0.1, -0.05) is 23.5 Å². The van der Waals surface area contributed by atoms with Gasteiger partial charge in [-0.25, -0.2) is 4.98 Å². The molecule has 31 heavy (non-hydrogen) atoms. The van der Waals surface area contributed by atoms with E-state index in [0.29, 0.717) is 48.5 Å². The van der Waals surface area contributed by atoms with Crippen molar-refractivity contribution in [2.45, 2.75) is 20.4 Å². The largest absolute Gasteiger partial charge is 0.486 e. The number of anilines is 1. The number of rotatable bonds is 5. The molecule has 0 aliphatic carbocycles. The van der Waals surface area contributed by atoms with Crippen molar-refractivity contribution in [1.82, 2.24) is 14.8 Å². The molecule has 0 saturated carbocycles. The Labute approximate surface area is 183 Å². The average Bonchev–Trinajstić information content (AvgIpc) is 3.35. The van der Waals surface area contributed by atoms with Crippen molar-refractivity contribution < 1.29 is 14.3 Å². The maximum Gasteiger partial charge on any atom is 0.260 e. The van der Waals surface area contributed by atoms with Crippen LogP contribution in [0.25, 0.3) is 10.2 Å². The number of carbonyl (C=O) groups excluding carboxylic acids is 1. The van der Waals surface area contributed by atoms with Crippen molar-refractivity contribution in [3.63, 3.8) is 0 Å². The number of hydrogen-bond donors (Lipinski definition) is 0. The molecule has 1 aliphatic heterocycles. The number of carbonyl (C=O) groups is 1. The van der Waals surface area contributed by atoms with E-state index in [1.165, 1.54) is 11.3 Å². The van der Waals surface area contributed by atoms with Crippen LogP contribution in [-0.4, -0.2) is 40.4 Å². The van der Waals surface area contributed by atoms with Crippen LogP contribution in [0.15, 0.2) is 48.5 Å². The first-order chi connectivity index (χ1) is 15.1. The molecule has 0 spiro atoms. The molecule has 7 nitrogen and oxygen atoms in total. The molecule has 0 saturated heterocycles. The van der Waals surface area contributed by atoms with E-state index in [1.807, 2.05) is 48.9 Å². The van der Waals surface area contributed by atoms with Crippen LogP contribution in [0.3, 0.4) is 0 Å². The molecule has 8 heteroatoms. The highest BCUT2D eigenvalue weighted by Gasteiger charge is 2.24.